The molecule has 0 aliphatic heterocycles. The zero-order valence-electron chi connectivity index (χ0n) is 64.8. The molecule has 1 N–H and O–H groups in total. The van der Waals surface area contributed by atoms with E-state index in [1.807, 2.05) is 194 Å². The molecule has 0 rings (SSSR count). The predicted molar refractivity (Wildman–Crippen MR) is 366 cm³/mol. The van der Waals surface area contributed by atoms with Crippen LogP contribution in [0.25, 0.3) is 0 Å². The van der Waals surface area contributed by atoms with Crippen molar-refractivity contribution >= 4 is 7.82 Å². The molecule has 0 fully saturated rings. The van der Waals surface area contributed by atoms with Gasteiger partial charge in [-0.25, -0.2) is 4.57 Å². The van der Waals surface area contributed by atoms with Gasteiger partial charge in [-0.1, -0.05) is 0 Å². The van der Waals surface area contributed by atoms with Gasteiger partial charge in [0.2, 0.25) is 0 Å². The Kier molecular flexibility index (Phi) is 47.2. The summed E-state index contributed by atoms with van der Waals surface area (Å²) >= 11 is 0. The van der Waals surface area contributed by atoms with E-state index in [1.54, 1.807) is 41.9 Å². The maximum Gasteiger partial charge on any atom is 0.472 e. The van der Waals surface area contributed by atoms with Crippen LogP contribution in [0.5, 0.6) is 0 Å². The fourth-order valence-electron chi connectivity index (χ4n) is 9.36. The van der Waals surface area contributed by atoms with Crippen molar-refractivity contribution in [3.05, 3.63) is 0 Å². The number of rotatable bonds is 56. The second-order valence-electron chi connectivity index (χ2n) is 26.9. The van der Waals surface area contributed by atoms with Crippen LogP contribution in [-0.2, 0) is 98.9 Å². The van der Waals surface area contributed by atoms with Gasteiger partial charge in [0.05, 0.1) is 222 Å². The molecule has 0 bridgehead atoms. The van der Waals surface area contributed by atoms with E-state index >= 15 is 0 Å². The van der Waals surface area contributed by atoms with Crippen molar-refractivity contribution in [1.82, 2.24) is 0 Å². The zero-order valence-corrected chi connectivity index (χ0v) is 65.7. The molecule has 0 aromatic heterocycles. The van der Waals surface area contributed by atoms with E-state index in [0.29, 0.717) is 26.4 Å². The first-order valence-corrected chi connectivity index (χ1v) is 36.6. The van der Waals surface area contributed by atoms with Gasteiger partial charge in [-0.05, 0) is 222 Å². The fraction of sp³-hybridized carbons (Fsp3) is 1.00. The summed E-state index contributed by atoms with van der Waals surface area (Å²) in [5.74, 6) is 0. The highest BCUT2D eigenvalue weighted by atomic mass is 31.2. The minimum Gasteiger partial charge on any atom is -0.382 e. The quantitative estimate of drug-likeness (QED) is 0.0441. The zero-order chi connectivity index (χ0) is 71.9. The lowest BCUT2D eigenvalue weighted by Gasteiger charge is -2.35. The summed E-state index contributed by atoms with van der Waals surface area (Å²) in [6.07, 6.45) is -9.26. The predicted octanol–water partition coefficient (Wildman–Crippen LogP) is 13.1. The van der Waals surface area contributed by atoms with Gasteiger partial charge in [0.1, 0.15) is 0 Å². The Morgan fingerprint density at radius 2 is 0.301 bits per heavy atom. The van der Waals surface area contributed by atoms with Gasteiger partial charge >= 0.3 is 7.82 Å². The summed E-state index contributed by atoms with van der Waals surface area (Å²) in [7, 11) is -1.26. The summed E-state index contributed by atoms with van der Waals surface area (Å²) in [4.78, 5) is 10.9. The molecule has 0 aliphatic rings. The monoisotopic (exact) mass is 1370 g/mol. The molecular weight excluding hydrogens is 1220 g/mol. The van der Waals surface area contributed by atoms with Crippen LogP contribution in [0.1, 0.15) is 222 Å². The van der Waals surface area contributed by atoms with Crippen molar-refractivity contribution < 1.29 is 104 Å². The molecule has 0 aliphatic carbocycles. The molecule has 32 unspecified atom stereocenters. The van der Waals surface area contributed by atoms with E-state index in [1.165, 1.54) is 0 Å². The average Bonchev–Trinajstić information content (AvgIpc) is 1.06. The number of hydrogen-bond acceptors (Lipinski definition) is 21. The van der Waals surface area contributed by atoms with E-state index in [-0.39, 0.29) is 159 Å². The van der Waals surface area contributed by atoms with E-state index in [4.69, 9.17) is 94.3 Å². The highest BCUT2D eigenvalue weighted by molar-refractivity contribution is 7.47. The Labute approximate surface area is 567 Å². The largest absolute Gasteiger partial charge is 0.472 e. The maximum atomic E-state index is 13.4. The van der Waals surface area contributed by atoms with Gasteiger partial charge < -0.3 is 90.2 Å². The molecule has 0 saturated heterocycles. The van der Waals surface area contributed by atoms with Gasteiger partial charge in [-0.2, -0.15) is 0 Å². The lowest BCUT2D eigenvalue weighted by Crippen LogP contribution is -2.43. The van der Waals surface area contributed by atoms with Crippen LogP contribution >= 0.6 is 7.82 Å². The standard InChI is InChI=1S/C70H143O22P/c1-39(75-37-35-73-33)41(3)77-43(5)45(7)79-47(9)49(11)81-51(13)53(15)83-55(17)57(19)85-59(21)61(23)87-63(25)65(27)89-67(29)69(31)91-93(71,72)92-70(32)68(30)90-66(28)64(26)88-62(24)60(22)86-58(20)56(18)84-54(16)52(14)82-50(12)48(10)80-46(8)44(6)78-42(4)40(2)76-38-36-74-34/h39-70H,35-38H2,1-34H3,(H,71,72). The Morgan fingerprint density at radius 1 is 0.194 bits per heavy atom. The van der Waals surface area contributed by atoms with Crippen molar-refractivity contribution in [3.8, 4) is 0 Å². The molecule has 0 amide bonds. The topological polar surface area (TPSA) is 222 Å². The molecular formula is C70H143O22P. The number of phosphoric acid groups is 1. The summed E-state index contributed by atoms with van der Waals surface area (Å²) in [5.41, 5.74) is 0. The van der Waals surface area contributed by atoms with Crippen LogP contribution in [0.15, 0.2) is 0 Å². The first-order chi connectivity index (χ1) is 43.0. The first-order valence-electron chi connectivity index (χ1n) is 35.1. The first kappa shape index (κ1) is 92.4. The summed E-state index contributed by atoms with van der Waals surface area (Å²) in [5, 5.41) is 0. The van der Waals surface area contributed by atoms with Gasteiger partial charge in [0, 0.05) is 14.2 Å². The lowest BCUT2D eigenvalue weighted by molar-refractivity contribution is -0.187. The van der Waals surface area contributed by atoms with Crippen LogP contribution in [-0.4, -0.2) is 241 Å². The number of ether oxygens (including phenoxy) is 18. The molecule has 560 valence electrons. The molecule has 0 saturated carbocycles. The highest BCUT2D eigenvalue weighted by Gasteiger charge is 2.36. The Morgan fingerprint density at radius 3 is 0.419 bits per heavy atom. The van der Waals surface area contributed by atoms with Crippen molar-refractivity contribution in [3.63, 3.8) is 0 Å². The average molecular weight is 1370 g/mol. The van der Waals surface area contributed by atoms with Crippen molar-refractivity contribution in [2.75, 3.05) is 40.6 Å². The number of methoxy groups -OCH3 is 2. The third-order valence-electron chi connectivity index (χ3n) is 18.5. The van der Waals surface area contributed by atoms with Crippen LogP contribution in [0.3, 0.4) is 0 Å². The van der Waals surface area contributed by atoms with Crippen LogP contribution in [0, 0.1) is 0 Å². The minimum absolute atomic E-state index is 0.0799. The third-order valence-corrected chi connectivity index (χ3v) is 19.7. The highest BCUT2D eigenvalue weighted by Crippen LogP contribution is 2.47. The second-order valence-corrected chi connectivity index (χ2v) is 28.2. The van der Waals surface area contributed by atoms with Crippen molar-refractivity contribution in [1.29, 1.82) is 0 Å². The van der Waals surface area contributed by atoms with Crippen LogP contribution < -0.4 is 0 Å². The number of phosphoric ester groups is 1. The van der Waals surface area contributed by atoms with E-state index < -0.39 is 44.4 Å². The molecule has 23 heteroatoms. The molecule has 0 heterocycles. The van der Waals surface area contributed by atoms with Gasteiger partial charge in [-0.15, -0.1) is 0 Å². The number of hydrogen-bond donors (Lipinski definition) is 1. The van der Waals surface area contributed by atoms with Gasteiger partial charge in [0.25, 0.3) is 0 Å². The van der Waals surface area contributed by atoms with E-state index in [2.05, 4.69) is 0 Å². The molecule has 93 heavy (non-hydrogen) atoms. The minimum atomic E-state index is -4.57. The maximum absolute atomic E-state index is 13.4. The van der Waals surface area contributed by atoms with Crippen LogP contribution in [0.2, 0.25) is 0 Å². The van der Waals surface area contributed by atoms with Gasteiger partial charge in [0.15, 0.2) is 0 Å². The molecule has 0 spiro atoms. The Balaban J connectivity index is 5.01. The molecule has 0 radical (unpaired) electrons. The Bertz CT molecular complexity index is 1770. The normalized spacial score (nSPS) is 23.9. The van der Waals surface area contributed by atoms with Crippen molar-refractivity contribution in [2.24, 2.45) is 0 Å². The SMILES string of the molecule is COCCOC(C)C(C)OC(C)C(C)OC(C)C(C)OC(C)C(C)OC(C)C(C)OC(C)C(C)OC(C)C(C)OC(C)C(C)OP(=O)(O)OC(C)C(C)OC(C)C(C)OC(C)C(C)OC(C)C(C)OC(C)C(C)OC(C)C(C)OC(C)C(C)OC(C)C(C)OCCOC. The molecule has 22 nitrogen and oxygen atoms in total. The van der Waals surface area contributed by atoms with Crippen molar-refractivity contribution in [2.45, 2.75) is 417 Å². The molecule has 0 aromatic carbocycles. The van der Waals surface area contributed by atoms with Gasteiger partial charge in [-0.3, -0.25) is 9.05 Å². The summed E-state index contributed by atoms with van der Waals surface area (Å²) < 4.78 is 136. The lowest BCUT2D eigenvalue weighted by atomic mass is 10.1. The Hall–Kier alpha value is -0.610. The van der Waals surface area contributed by atoms with E-state index in [9.17, 15) is 9.46 Å². The third kappa shape index (κ3) is 37.6. The molecule has 0 aromatic rings. The van der Waals surface area contributed by atoms with E-state index in [0.717, 1.165) is 0 Å². The fourth-order valence-corrected chi connectivity index (χ4v) is 10.6. The molecule has 32 atom stereocenters. The summed E-state index contributed by atoms with van der Waals surface area (Å²) in [6, 6.07) is 0. The second kappa shape index (κ2) is 47.5. The van der Waals surface area contributed by atoms with Crippen LogP contribution in [0.4, 0.5) is 0 Å². The smallest absolute Gasteiger partial charge is 0.382 e. The summed E-state index contributed by atoms with van der Waals surface area (Å²) in [6.45, 7) is 64.5.